The summed E-state index contributed by atoms with van der Waals surface area (Å²) in [5, 5.41) is 2.68. The highest BCUT2D eigenvalue weighted by molar-refractivity contribution is 5.76. The van der Waals surface area contributed by atoms with E-state index in [1.165, 1.54) is 103 Å². The van der Waals surface area contributed by atoms with E-state index in [1.54, 1.807) is 0 Å². The molecule has 1 amide bonds. The molecule has 0 atom stereocenters. The Morgan fingerprint density at radius 2 is 0.929 bits per heavy atom. The number of carbonyl (C=O) groups is 1. The third kappa shape index (κ3) is 29.8. The van der Waals surface area contributed by atoms with E-state index in [9.17, 15) is 4.79 Å². The standard InChI is InChI=1S/C15H27NO.C11H24/c1-3-5-6-7-8-9-10-11-12-13-15(17)16-14-4-2;1-3-5-7-9-11-10-8-6-4-2/h2H,3,5-14H2,1H3,(H,16,17);3-11H2,1-2H3. The van der Waals surface area contributed by atoms with Gasteiger partial charge in [0.05, 0.1) is 6.54 Å². The van der Waals surface area contributed by atoms with Gasteiger partial charge in [-0.1, -0.05) is 136 Å². The van der Waals surface area contributed by atoms with Gasteiger partial charge in [0.1, 0.15) is 0 Å². The molecule has 0 radical (unpaired) electrons. The molecule has 0 aromatic carbocycles. The van der Waals surface area contributed by atoms with Crippen LogP contribution in [0, 0.1) is 12.3 Å². The van der Waals surface area contributed by atoms with Gasteiger partial charge in [-0.2, -0.15) is 0 Å². The van der Waals surface area contributed by atoms with Crippen LogP contribution in [0.2, 0.25) is 0 Å². The van der Waals surface area contributed by atoms with Gasteiger partial charge in [-0.25, -0.2) is 0 Å². The van der Waals surface area contributed by atoms with Crippen LogP contribution in [0.4, 0.5) is 0 Å². The minimum atomic E-state index is 0.0888. The Balaban J connectivity index is 0. The molecule has 0 aliphatic rings. The lowest BCUT2D eigenvalue weighted by Crippen LogP contribution is -2.22. The zero-order chi connectivity index (χ0) is 21.1. The number of unbranched alkanes of at least 4 members (excludes halogenated alkanes) is 16. The lowest BCUT2D eigenvalue weighted by Gasteiger charge is -2.02. The molecular weight excluding hydrogens is 342 g/mol. The van der Waals surface area contributed by atoms with Crippen LogP contribution in [0.1, 0.15) is 143 Å². The topological polar surface area (TPSA) is 29.1 Å². The van der Waals surface area contributed by atoms with Gasteiger partial charge in [-0.15, -0.1) is 6.42 Å². The summed E-state index contributed by atoms with van der Waals surface area (Å²) in [5.41, 5.74) is 0. The van der Waals surface area contributed by atoms with Crippen LogP contribution >= 0.6 is 0 Å². The molecule has 0 heterocycles. The predicted molar refractivity (Wildman–Crippen MR) is 127 cm³/mol. The smallest absolute Gasteiger partial charge is 0.220 e. The molecule has 0 aromatic heterocycles. The second-order valence-corrected chi connectivity index (χ2v) is 8.03. The summed E-state index contributed by atoms with van der Waals surface area (Å²) in [5.74, 6) is 2.49. The fourth-order valence-corrected chi connectivity index (χ4v) is 3.22. The van der Waals surface area contributed by atoms with E-state index < -0.39 is 0 Å². The number of terminal acetylenes is 1. The number of hydrogen-bond donors (Lipinski definition) is 1. The fourth-order valence-electron chi connectivity index (χ4n) is 3.22. The lowest BCUT2D eigenvalue weighted by molar-refractivity contribution is -0.120. The molecule has 0 rings (SSSR count). The van der Waals surface area contributed by atoms with Gasteiger partial charge in [0.25, 0.3) is 0 Å². The minimum Gasteiger partial charge on any atom is -0.345 e. The molecule has 0 bridgehead atoms. The number of amides is 1. The summed E-state index contributed by atoms with van der Waals surface area (Å²) >= 11 is 0. The summed E-state index contributed by atoms with van der Waals surface area (Å²) in [7, 11) is 0. The molecule has 0 saturated heterocycles. The Morgan fingerprint density at radius 1 is 0.607 bits per heavy atom. The quantitative estimate of drug-likeness (QED) is 0.174. The second-order valence-electron chi connectivity index (χ2n) is 8.03. The molecule has 0 aromatic rings. The number of nitrogens with one attached hydrogen (secondary N) is 1. The maximum Gasteiger partial charge on any atom is 0.220 e. The average molecular weight is 394 g/mol. The molecule has 0 spiro atoms. The van der Waals surface area contributed by atoms with E-state index in [4.69, 9.17) is 6.42 Å². The van der Waals surface area contributed by atoms with E-state index in [0.717, 1.165) is 12.8 Å². The van der Waals surface area contributed by atoms with E-state index >= 15 is 0 Å². The molecule has 2 heteroatoms. The van der Waals surface area contributed by atoms with Crippen LogP contribution in [0.5, 0.6) is 0 Å². The molecule has 0 aliphatic carbocycles. The Labute approximate surface area is 178 Å². The first-order valence-corrected chi connectivity index (χ1v) is 12.4. The van der Waals surface area contributed by atoms with Crippen molar-refractivity contribution in [1.29, 1.82) is 0 Å². The molecule has 0 unspecified atom stereocenters. The van der Waals surface area contributed by atoms with Crippen molar-refractivity contribution in [2.45, 2.75) is 143 Å². The minimum absolute atomic E-state index is 0.0888. The van der Waals surface area contributed by atoms with Crippen molar-refractivity contribution in [3.63, 3.8) is 0 Å². The third-order valence-electron chi connectivity index (χ3n) is 5.10. The first-order chi connectivity index (χ1) is 13.7. The summed E-state index contributed by atoms with van der Waals surface area (Å²) in [4.78, 5) is 11.2. The Bertz CT molecular complexity index is 324. The highest BCUT2D eigenvalue weighted by atomic mass is 16.1. The first-order valence-electron chi connectivity index (χ1n) is 12.4. The van der Waals surface area contributed by atoms with E-state index in [0.29, 0.717) is 13.0 Å². The van der Waals surface area contributed by atoms with Crippen molar-refractivity contribution < 1.29 is 4.79 Å². The van der Waals surface area contributed by atoms with Crippen molar-refractivity contribution in [1.82, 2.24) is 5.32 Å². The number of carbonyl (C=O) groups excluding carboxylic acids is 1. The normalized spacial score (nSPS) is 10.1. The molecule has 28 heavy (non-hydrogen) atoms. The van der Waals surface area contributed by atoms with Crippen LogP contribution in [0.3, 0.4) is 0 Å². The zero-order valence-electron chi connectivity index (χ0n) is 19.6. The first kappa shape index (κ1) is 29.2. The molecule has 1 N–H and O–H groups in total. The summed E-state index contributed by atoms with van der Waals surface area (Å²) in [6.45, 7) is 7.15. The van der Waals surface area contributed by atoms with Crippen molar-refractivity contribution in [3.8, 4) is 12.3 Å². The van der Waals surface area contributed by atoms with Crippen molar-refractivity contribution in [2.75, 3.05) is 6.54 Å². The second kappa shape index (κ2) is 28.2. The van der Waals surface area contributed by atoms with E-state index in [-0.39, 0.29) is 5.91 Å². The van der Waals surface area contributed by atoms with Crippen LogP contribution in [0.15, 0.2) is 0 Å². The molecule has 0 saturated carbocycles. The van der Waals surface area contributed by atoms with Crippen LogP contribution < -0.4 is 5.32 Å². The molecular formula is C26H51NO. The molecule has 2 nitrogen and oxygen atoms in total. The van der Waals surface area contributed by atoms with Crippen molar-refractivity contribution >= 4 is 5.91 Å². The highest BCUT2D eigenvalue weighted by Gasteiger charge is 1.99. The highest BCUT2D eigenvalue weighted by Crippen LogP contribution is 2.10. The molecule has 166 valence electrons. The summed E-state index contributed by atoms with van der Waals surface area (Å²) < 4.78 is 0. The Hall–Kier alpha value is -0.970. The van der Waals surface area contributed by atoms with Gasteiger partial charge < -0.3 is 5.32 Å². The monoisotopic (exact) mass is 393 g/mol. The predicted octanol–water partition coefficient (Wildman–Crippen LogP) is 8.19. The SMILES string of the molecule is C#CCNC(=O)CCCCCCCCCCC.CCCCCCCCCCC. The van der Waals surface area contributed by atoms with Crippen LogP contribution in [-0.2, 0) is 4.79 Å². The third-order valence-corrected chi connectivity index (χ3v) is 5.10. The number of hydrogen-bond acceptors (Lipinski definition) is 1. The average Bonchev–Trinajstić information content (AvgIpc) is 2.71. The maximum atomic E-state index is 11.2. The maximum absolute atomic E-state index is 11.2. The zero-order valence-corrected chi connectivity index (χ0v) is 19.6. The lowest BCUT2D eigenvalue weighted by atomic mass is 10.1. The fraction of sp³-hybridized carbons (Fsp3) is 0.885. The van der Waals surface area contributed by atoms with Gasteiger partial charge >= 0.3 is 0 Å². The summed E-state index contributed by atoms with van der Waals surface area (Å²) in [6.07, 6.45) is 30.1. The van der Waals surface area contributed by atoms with Gasteiger partial charge in [-0.3, -0.25) is 4.79 Å². The Morgan fingerprint density at radius 3 is 1.25 bits per heavy atom. The van der Waals surface area contributed by atoms with Gasteiger partial charge in [-0.05, 0) is 6.42 Å². The van der Waals surface area contributed by atoms with E-state index in [2.05, 4.69) is 32.0 Å². The largest absolute Gasteiger partial charge is 0.345 e. The molecule has 0 aliphatic heterocycles. The molecule has 0 fully saturated rings. The van der Waals surface area contributed by atoms with Crippen molar-refractivity contribution in [2.24, 2.45) is 0 Å². The summed E-state index contributed by atoms with van der Waals surface area (Å²) in [6, 6.07) is 0. The van der Waals surface area contributed by atoms with Crippen LogP contribution in [-0.4, -0.2) is 12.5 Å². The number of rotatable bonds is 19. The van der Waals surface area contributed by atoms with Gasteiger partial charge in [0, 0.05) is 6.42 Å². The van der Waals surface area contributed by atoms with E-state index in [1.807, 2.05) is 0 Å². The van der Waals surface area contributed by atoms with Gasteiger partial charge in [0.15, 0.2) is 0 Å². The van der Waals surface area contributed by atoms with Crippen molar-refractivity contribution in [3.05, 3.63) is 0 Å². The van der Waals surface area contributed by atoms with Crippen LogP contribution in [0.25, 0.3) is 0 Å². The van der Waals surface area contributed by atoms with Gasteiger partial charge in [0.2, 0.25) is 5.91 Å². The Kier molecular flexibility index (Phi) is 29.5.